The zero-order chi connectivity index (χ0) is 21.7. The molecule has 0 aliphatic rings. The van der Waals surface area contributed by atoms with Gasteiger partial charge in [0.1, 0.15) is 6.54 Å². The van der Waals surface area contributed by atoms with Crippen LogP contribution in [0.25, 0.3) is 0 Å². The van der Waals surface area contributed by atoms with E-state index in [-0.39, 0.29) is 4.90 Å². The summed E-state index contributed by atoms with van der Waals surface area (Å²) in [6.07, 6.45) is 0. The molecule has 2 aromatic carbocycles. The number of rotatable bonds is 7. The molecule has 1 N–H and O–H groups in total. The van der Waals surface area contributed by atoms with Crippen molar-refractivity contribution in [3.8, 4) is 0 Å². The molecule has 1 heterocycles. The molecule has 1 aromatic heterocycles. The minimum Gasteiger partial charge on any atom is -0.271 e. The number of anilines is 1. The van der Waals surface area contributed by atoms with Crippen LogP contribution in [0, 0.1) is 6.92 Å². The Labute approximate surface area is 184 Å². The number of carbonyl (C=O) groups is 1. The smallest absolute Gasteiger partial charge is 0.264 e. The van der Waals surface area contributed by atoms with Gasteiger partial charge in [0, 0.05) is 9.90 Å². The highest BCUT2D eigenvalue weighted by molar-refractivity contribution is 7.92. The van der Waals surface area contributed by atoms with Gasteiger partial charge in [-0.2, -0.15) is 5.10 Å². The minimum absolute atomic E-state index is 0.0918. The molecule has 0 aliphatic heterocycles. The predicted octanol–water partition coefficient (Wildman–Crippen LogP) is 4.45. The monoisotopic (exact) mass is 461 g/mol. The number of aryl methyl sites for hydroxylation is 1. The number of sulfonamides is 1. The van der Waals surface area contributed by atoms with Gasteiger partial charge in [0.2, 0.25) is 0 Å². The van der Waals surface area contributed by atoms with Crippen molar-refractivity contribution in [2.75, 3.05) is 10.8 Å². The lowest BCUT2D eigenvalue weighted by Crippen LogP contribution is -2.39. The van der Waals surface area contributed by atoms with Gasteiger partial charge in [-0.15, -0.1) is 11.3 Å². The van der Waals surface area contributed by atoms with Crippen molar-refractivity contribution in [1.29, 1.82) is 0 Å². The van der Waals surface area contributed by atoms with Gasteiger partial charge in [-0.25, -0.2) is 13.8 Å². The van der Waals surface area contributed by atoms with Crippen molar-refractivity contribution in [1.82, 2.24) is 5.43 Å². The first kappa shape index (κ1) is 22.0. The lowest BCUT2D eigenvalue weighted by atomic mass is 10.2. The van der Waals surface area contributed by atoms with Gasteiger partial charge < -0.3 is 0 Å². The van der Waals surface area contributed by atoms with Crippen LogP contribution in [-0.4, -0.2) is 26.6 Å². The Morgan fingerprint density at radius 2 is 1.77 bits per heavy atom. The molecule has 3 rings (SSSR count). The van der Waals surface area contributed by atoms with Crippen LogP contribution in [0.1, 0.15) is 17.4 Å². The van der Waals surface area contributed by atoms with Crippen molar-refractivity contribution < 1.29 is 13.2 Å². The Balaban J connectivity index is 1.88. The molecule has 0 unspecified atom stereocenters. The van der Waals surface area contributed by atoms with Gasteiger partial charge in [0.25, 0.3) is 15.9 Å². The van der Waals surface area contributed by atoms with E-state index in [0.717, 1.165) is 14.7 Å². The number of thiophene rings is 1. The van der Waals surface area contributed by atoms with Gasteiger partial charge in [-0.3, -0.25) is 9.10 Å². The number of nitrogens with zero attached hydrogens (tertiary/aromatic N) is 2. The van der Waals surface area contributed by atoms with Crippen LogP contribution < -0.4 is 9.73 Å². The van der Waals surface area contributed by atoms with Gasteiger partial charge in [-0.1, -0.05) is 35.4 Å². The van der Waals surface area contributed by atoms with Crippen molar-refractivity contribution in [3.05, 3.63) is 81.5 Å². The maximum absolute atomic E-state index is 13.3. The fourth-order valence-corrected chi connectivity index (χ4v) is 4.84. The molecule has 0 saturated heterocycles. The second-order valence-electron chi connectivity index (χ2n) is 6.51. The minimum atomic E-state index is -3.98. The molecule has 0 aliphatic carbocycles. The Morgan fingerprint density at radius 3 is 2.37 bits per heavy atom. The molecule has 0 bridgehead atoms. The number of nitrogens with one attached hydrogen (secondary N) is 1. The summed E-state index contributed by atoms with van der Waals surface area (Å²) in [7, 11) is -3.98. The lowest BCUT2D eigenvalue weighted by molar-refractivity contribution is -0.119. The summed E-state index contributed by atoms with van der Waals surface area (Å²) < 4.78 is 27.6. The van der Waals surface area contributed by atoms with E-state index in [1.165, 1.54) is 23.5 Å². The van der Waals surface area contributed by atoms with E-state index < -0.39 is 22.5 Å². The van der Waals surface area contributed by atoms with E-state index in [9.17, 15) is 13.2 Å². The number of hydrogen-bond donors (Lipinski definition) is 1. The van der Waals surface area contributed by atoms with Crippen LogP contribution in [0.5, 0.6) is 0 Å². The molecule has 0 radical (unpaired) electrons. The van der Waals surface area contributed by atoms with E-state index in [0.29, 0.717) is 16.4 Å². The summed E-state index contributed by atoms with van der Waals surface area (Å²) in [4.78, 5) is 13.6. The molecule has 156 valence electrons. The number of halogens is 1. The topological polar surface area (TPSA) is 78.8 Å². The van der Waals surface area contributed by atoms with E-state index in [1.54, 1.807) is 43.3 Å². The standard InChI is InChI=1S/C21H20ClN3O3S2/c1-15-5-11-19(12-6-15)30(27,28)25(18-9-7-17(22)8-10-18)14-21(26)24-23-16(2)20-4-3-13-29-20/h3-13H,14H2,1-2H3,(H,24,26). The lowest BCUT2D eigenvalue weighted by Gasteiger charge is -2.24. The van der Waals surface area contributed by atoms with Gasteiger partial charge in [0.05, 0.1) is 16.3 Å². The average molecular weight is 462 g/mol. The normalized spacial score (nSPS) is 11.9. The molecule has 6 nitrogen and oxygen atoms in total. The van der Waals surface area contributed by atoms with Crippen LogP contribution >= 0.6 is 22.9 Å². The summed E-state index contributed by atoms with van der Waals surface area (Å²) >= 11 is 7.44. The second-order valence-corrected chi connectivity index (χ2v) is 9.76. The number of hydrazone groups is 1. The molecule has 30 heavy (non-hydrogen) atoms. The van der Waals surface area contributed by atoms with Crippen molar-refractivity contribution in [2.45, 2.75) is 18.7 Å². The maximum Gasteiger partial charge on any atom is 0.264 e. The average Bonchev–Trinajstić information content (AvgIpc) is 3.26. The van der Waals surface area contributed by atoms with Gasteiger partial charge >= 0.3 is 0 Å². The van der Waals surface area contributed by atoms with Gasteiger partial charge in [-0.05, 0) is 61.7 Å². The zero-order valence-electron chi connectivity index (χ0n) is 16.4. The third-order valence-electron chi connectivity index (χ3n) is 4.24. The van der Waals surface area contributed by atoms with Crippen molar-refractivity contribution in [3.63, 3.8) is 0 Å². The van der Waals surface area contributed by atoms with Gasteiger partial charge in [0.15, 0.2) is 0 Å². The molecule has 1 amide bonds. The summed E-state index contributed by atoms with van der Waals surface area (Å²) in [6.45, 7) is 3.21. The molecular formula is C21H20ClN3O3S2. The van der Waals surface area contributed by atoms with Crippen LogP contribution in [0.15, 0.2) is 76.0 Å². The third-order valence-corrected chi connectivity index (χ3v) is 7.26. The van der Waals surface area contributed by atoms with E-state index >= 15 is 0 Å². The molecule has 0 atom stereocenters. The predicted molar refractivity (Wildman–Crippen MR) is 122 cm³/mol. The van der Waals surface area contributed by atoms with E-state index in [2.05, 4.69) is 10.5 Å². The largest absolute Gasteiger partial charge is 0.271 e. The van der Waals surface area contributed by atoms with E-state index in [1.807, 2.05) is 24.4 Å². The summed E-state index contributed by atoms with van der Waals surface area (Å²) in [5.41, 5.74) is 4.34. The molecular weight excluding hydrogens is 442 g/mol. The zero-order valence-corrected chi connectivity index (χ0v) is 18.8. The molecule has 9 heteroatoms. The van der Waals surface area contributed by atoms with Crippen molar-refractivity contribution >= 4 is 50.3 Å². The van der Waals surface area contributed by atoms with Crippen LogP contribution in [0.3, 0.4) is 0 Å². The highest BCUT2D eigenvalue weighted by Gasteiger charge is 2.27. The Morgan fingerprint density at radius 1 is 1.10 bits per heavy atom. The molecule has 0 spiro atoms. The van der Waals surface area contributed by atoms with Crippen molar-refractivity contribution in [2.24, 2.45) is 5.10 Å². The first-order valence-corrected chi connectivity index (χ1v) is 11.7. The molecule has 0 fully saturated rings. The summed E-state index contributed by atoms with van der Waals surface area (Å²) in [6, 6.07) is 16.5. The third kappa shape index (κ3) is 5.27. The Kier molecular flexibility index (Phi) is 6.91. The summed E-state index contributed by atoms with van der Waals surface area (Å²) in [5.74, 6) is -0.559. The number of hydrogen-bond acceptors (Lipinski definition) is 5. The molecule has 0 saturated carbocycles. The highest BCUT2D eigenvalue weighted by Crippen LogP contribution is 2.25. The van der Waals surface area contributed by atoms with Crippen LogP contribution in [-0.2, 0) is 14.8 Å². The number of amides is 1. The summed E-state index contributed by atoms with van der Waals surface area (Å²) in [5, 5.41) is 6.45. The first-order chi connectivity index (χ1) is 14.3. The second kappa shape index (κ2) is 9.42. The SMILES string of the molecule is CC(=NNC(=O)CN(c1ccc(Cl)cc1)S(=O)(=O)c1ccc(C)cc1)c1cccs1. The molecule has 3 aromatic rings. The van der Waals surface area contributed by atoms with Crippen LogP contribution in [0.4, 0.5) is 5.69 Å². The fourth-order valence-electron chi connectivity index (χ4n) is 2.61. The van der Waals surface area contributed by atoms with E-state index in [4.69, 9.17) is 11.6 Å². The number of benzene rings is 2. The first-order valence-electron chi connectivity index (χ1n) is 8.99. The Hall–Kier alpha value is -2.68. The Bertz CT molecular complexity index is 1140. The van der Waals surface area contributed by atoms with Crippen LogP contribution in [0.2, 0.25) is 5.02 Å². The number of carbonyl (C=O) groups excluding carboxylic acids is 1. The quantitative estimate of drug-likeness (QED) is 0.417. The fraction of sp³-hybridized carbons (Fsp3) is 0.143. The highest BCUT2D eigenvalue weighted by atomic mass is 35.5. The maximum atomic E-state index is 13.3.